The van der Waals surface area contributed by atoms with Gasteiger partial charge in [-0.15, -0.1) is 6.58 Å². The molecule has 11 heteroatoms. The van der Waals surface area contributed by atoms with Crippen molar-refractivity contribution >= 4 is 38.4 Å². The monoisotopic (exact) mass is 473 g/mol. The van der Waals surface area contributed by atoms with Crippen LogP contribution in [0.25, 0.3) is 10.3 Å². The highest BCUT2D eigenvalue weighted by Crippen LogP contribution is 2.27. The molecule has 1 N–H and O–H groups in total. The molecule has 3 aromatic rings. The fourth-order valence-electron chi connectivity index (χ4n) is 3.35. The quantitative estimate of drug-likeness (QED) is 0.450. The smallest absolute Gasteiger partial charge is 0.333 e. The summed E-state index contributed by atoms with van der Waals surface area (Å²) in [5.41, 5.74) is -0.431. The number of hydrogen-bond acceptors (Lipinski definition) is 8. The van der Waals surface area contributed by atoms with Gasteiger partial charge in [0.1, 0.15) is 22.7 Å². The number of amides is 1. The molecule has 1 aromatic carbocycles. The Kier molecular flexibility index (Phi) is 7.54. The van der Waals surface area contributed by atoms with E-state index in [-0.39, 0.29) is 18.7 Å². The van der Waals surface area contributed by atoms with Crippen LogP contribution in [-0.4, -0.2) is 47.3 Å². The summed E-state index contributed by atoms with van der Waals surface area (Å²) in [5, 5.41) is 3.37. The molecule has 0 aliphatic rings. The van der Waals surface area contributed by atoms with Gasteiger partial charge in [-0.25, -0.2) is 9.78 Å². The standard InChI is InChI=1S/C22H27N5O5S/c1-6-9-26-20(29)18-19(24-21(33-18)25(7-2)8-3)27(22(26)30)13-17(28)23-14-10-15(31-4)12-16(11-14)32-5/h6,10-12H,1,7-9,13H2,2-5H3,(H,23,28). The maximum Gasteiger partial charge on any atom is 0.333 e. The molecule has 176 valence electrons. The first kappa shape index (κ1) is 24.1. The van der Waals surface area contributed by atoms with Gasteiger partial charge in [0.25, 0.3) is 5.56 Å². The third-order valence-corrected chi connectivity index (χ3v) is 6.13. The van der Waals surface area contributed by atoms with Crippen molar-refractivity contribution in [2.75, 3.05) is 37.5 Å². The SMILES string of the molecule is C=CCn1c(=O)c2sc(N(CC)CC)nc2n(CC(=O)Nc2cc(OC)cc(OC)c2)c1=O. The van der Waals surface area contributed by atoms with E-state index in [2.05, 4.69) is 16.9 Å². The van der Waals surface area contributed by atoms with E-state index in [1.807, 2.05) is 18.7 Å². The second-order valence-electron chi connectivity index (χ2n) is 7.04. The zero-order valence-electron chi connectivity index (χ0n) is 19.1. The van der Waals surface area contributed by atoms with Gasteiger partial charge in [-0.3, -0.25) is 18.7 Å². The number of nitrogens with one attached hydrogen (secondary N) is 1. The van der Waals surface area contributed by atoms with Crippen LogP contribution in [0.4, 0.5) is 10.8 Å². The van der Waals surface area contributed by atoms with Crippen molar-refractivity contribution in [3.05, 3.63) is 51.7 Å². The number of ether oxygens (including phenoxy) is 2. The van der Waals surface area contributed by atoms with E-state index in [1.54, 1.807) is 18.2 Å². The van der Waals surface area contributed by atoms with E-state index in [0.717, 1.165) is 4.57 Å². The Morgan fingerprint density at radius 2 is 1.79 bits per heavy atom. The number of fused-ring (bicyclic) bond motifs is 1. The lowest BCUT2D eigenvalue weighted by Crippen LogP contribution is -2.41. The van der Waals surface area contributed by atoms with Crippen molar-refractivity contribution < 1.29 is 14.3 Å². The summed E-state index contributed by atoms with van der Waals surface area (Å²) >= 11 is 1.21. The van der Waals surface area contributed by atoms with Crippen LogP contribution in [0.5, 0.6) is 11.5 Å². The zero-order valence-corrected chi connectivity index (χ0v) is 19.9. The molecule has 33 heavy (non-hydrogen) atoms. The molecule has 0 saturated heterocycles. The molecule has 1 amide bonds. The van der Waals surface area contributed by atoms with Crippen molar-refractivity contribution in [1.82, 2.24) is 14.1 Å². The molecule has 0 radical (unpaired) electrons. The van der Waals surface area contributed by atoms with Gasteiger partial charge in [0.15, 0.2) is 10.8 Å². The number of thiazole rings is 1. The molecule has 0 atom stereocenters. The summed E-state index contributed by atoms with van der Waals surface area (Å²) in [6, 6.07) is 4.95. The van der Waals surface area contributed by atoms with Gasteiger partial charge < -0.3 is 19.7 Å². The molecule has 2 aromatic heterocycles. The van der Waals surface area contributed by atoms with Gasteiger partial charge in [0.05, 0.1) is 14.2 Å². The summed E-state index contributed by atoms with van der Waals surface area (Å²) in [6.07, 6.45) is 1.47. The van der Waals surface area contributed by atoms with Crippen molar-refractivity contribution in [1.29, 1.82) is 0 Å². The number of nitrogens with zero attached hydrogens (tertiary/aromatic N) is 4. The Labute approximate surface area is 194 Å². The number of anilines is 2. The van der Waals surface area contributed by atoms with Gasteiger partial charge in [-0.2, -0.15) is 0 Å². The molecule has 3 rings (SSSR count). The van der Waals surface area contributed by atoms with Crippen LogP contribution in [-0.2, 0) is 17.9 Å². The summed E-state index contributed by atoms with van der Waals surface area (Å²) in [7, 11) is 3.02. The van der Waals surface area contributed by atoms with E-state index >= 15 is 0 Å². The molecular weight excluding hydrogens is 446 g/mol. The molecule has 10 nitrogen and oxygen atoms in total. The van der Waals surface area contributed by atoms with Crippen LogP contribution >= 0.6 is 11.3 Å². The fraction of sp³-hybridized carbons (Fsp3) is 0.364. The van der Waals surface area contributed by atoms with Crippen molar-refractivity contribution in [2.45, 2.75) is 26.9 Å². The van der Waals surface area contributed by atoms with Crippen LogP contribution < -0.4 is 30.9 Å². The average Bonchev–Trinajstić information content (AvgIpc) is 3.25. The lowest BCUT2D eigenvalue weighted by Gasteiger charge is -2.16. The van der Waals surface area contributed by atoms with Crippen LogP contribution in [0.1, 0.15) is 13.8 Å². The molecule has 0 bridgehead atoms. The van der Waals surface area contributed by atoms with E-state index in [9.17, 15) is 14.4 Å². The first-order valence-corrected chi connectivity index (χ1v) is 11.2. The number of benzene rings is 1. The number of carbonyl (C=O) groups excluding carboxylic acids is 1. The number of allylic oxidation sites excluding steroid dienone is 1. The van der Waals surface area contributed by atoms with Crippen molar-refractivity contribution in [2.24, 2.45) is 0 Å². The number of hydrogen-bond donors (Lipinski definition) is 1. The van der Waals surface area contributed by atoms with Crippen LogP contribution in [0.3, 0.4) is 0 Å². The third kappa shape index (κ3) is 4.92. The van der Waals surface area contributed by atoms with E-state index in [1.165, 1.54) is 36.2 Å². The van der Waals surface area contributed by atoms with Gasteiger partial charge in [-0.1, -0.05) is 17.4 Å². The van der Waals surface area contributed by atoms with Crippen molar-refractivity contribution in [3.63, 3.8) is 0 Å². The fourth-order valence-corrected chi connectivity index (χ4v) is 4.50. The molecule has 0 aliphatic heterocycles. The summed E-state index contributed by atoms with van der Waals surface area (Å²) in [5.74, 6) is 0.550. The minimum absolute atomic E-state index is 0.0286. The van der Waals surface area contributed by atoms with Gasteiger partial charge in [0.2, 0.25) is 5.91 Å². The summed E-state index contributed by atoms with van der Waals surface area (Å²) < 4.78 is 13.0. The first-order valence-electron chi connectivity index (χ1n) is 10.4. The summed E-state index contributed by atoms with van der Waals surface area (Å²) in [6.45, 7) is 8.68. The maximum absolute atomic E-state index is 13.1. The van der Waals surface area contributed by atoms with Crippen LogP contribution in [0.2, 0.25) is 0 Å². The highest BCUT2D eigenvalue weighted by atomic mass is 32.1. The summed E-state index contributed by atoms with van der Waals surface area (Å²) in [4.78, 5) is 45.5. The molecule has 0 aliphatic carbocycles. The lowest BCUT2D eigenvalue weighted by molar-refractivity contribution is -0.116. The lowest BCUT2D eigenvalue weighted by atomic mass is 10.2. The van der Waals surface area contributed by atoms with E-state index < -0.39 is 17.2 Å². The molecular formula is C22H27N5O5S. The second kappa shape index (κ2) is 10.3. The highest BCUT2D eigenvalue weighted by molar-refractivity contribution is 7.22. The van der Waals surface area contributed by atoms with Gasteiger partial charge in [0, 0.05) is 43.5 Å². The van der Waals surface area contributed by atoms with Crippen LogP contribution in [0, 0.1) is 0 Å². The minimum atomic E-state index is -0.623. The number of carbonyl (C=O) groups is 1. The van der Waals surface area contributed by atoms with Crippen molar-refractivity contribution in [3.8, 4) is 11.5 Å². The topological polar surface area (TPSA) is 108 Å². The Morgan fingerprint density at radius 1 is 1.15 bits per heavy atom. The molecule has 0 saturated carbocycles. The molecule has 0 fully saturated rings. The highest BCUT2D eigenvalue weighted by Gasteiger charge is 2.21. The van der Waals surface area contributed by atoms with Crippen LogP contribution in [0.15, 0.2) is 40.4 Å². The third-order valence-electron chi connectivity index (χ3n) is 5.04. The van der Waals surface area contributed by atoms with E-state index in [0.29, 0.717) is 40.1 Å². The molecule has 0 spiro atoms. The Morgan fingerprint density at radius 3 is 2.33 bits per heavy atom. The molecule has 2 heterocycles. The maximum atomic E-state index is 13.1. The number of aromatic nitrogens is 3. The predicted molar refractivity (Wildman–Crippen MR) is 130 cm³/mol. The van der Waals surface area contributed by atoms with Gasteiger partial charge in [-0.05, 0) is 13.8 Å². The Bertz CT molecular complexity index is 1270. The van der Waals surface area contributed by atoms with Gasteiger partial charge >= 0.3 is 5.69 Å². The van der Waals surface area contributed by atoms with E-state index in [4.69, 9.17) is 9.47 Å². The minimum Gasteiger partial charge on any atom is -0.497 e. The number of methoxy groups -OCH3 is 2. The average molecular weight is 474 g/mol. The Hall–Kier alpha value is -3.60. The predicted octanol–water partition coefficient (Wildman–Crippen LogP) is 2.31. The molecule has 0 unspecified atom stereocenters. The number of rotatable bonds is 10. The Balaban J connectivity index is 2.06. The zero-order chi connectivity index (χ0) is 24.1. The largest absolute Gasteiger partial charge is 0.497 e. The second-order valence-corrected chi connectivity index (χ2v) is 8.02. The first-order chi connectivity index (χ1) is 15.9. The normalized spacial score (nSPS) is 10.8.